The largest absolute Gasteiger partial charge is 0.294 e. The summed E-state index contributed by atoms with van der Waals surface area (Å²) in [6.45, 7) is 1.42. The van der Waals surface area contributed by atoms with Gasteiger partial charge >= 0.3 is 0 Å². The zero-order valence-corrected chi connectivity index (χ0v) is 8.68. The highest BCUT2D eigenvalue weighted by Gasteiger charge is 2.10. The van der Waals surface area contributed by atoms with Gasteiger partial charge in [-0.05, 0) is 25.1 Å². The van der Waals surface area contributed by atoms with Gasteiger partial charge in [-0.2, -0.15) is 0 Å². The molecule has 1 aromatic carbocycles. The summed E-state index contributed by atoms with van der Waals surface area (Å²) in [7, 11) is 0. The predicted octanol–water partition coefficient (Wildman–Crippen LogP) is 3.23. The third-order valence-electron chi connectivity index (χ3n) is 2.14. The van der Waals surface area contributed by atoms with Gasteiger partial charge in [-0.25, -0.2) is 4.39 Å². The second-order valence-corrected chi connectivity index (χ2v) is 3.63. The van der Waals surface area contributed by atoms with Gasteiger partial charge in [0.2, 0.25) is 0 Å². The molecule has 0 unspecified atom stereocenters. The Balaban J connectivity index is 2.91. The van der Waals surface area contributed by atoms with Crippen LogP contribution in [0.2, 0.25) is 5.02 Å². The van der Waals surface area contributed by atoms with E-state index >= 15 is 0 Å². The fourth-order valence-electron chi connectivity index (χ4n) is 1.49. The lowest BCUT2D eigenvalue weighted by Crippen LogP contribution is -1.96. The van der Waals surface area contributed by atoms with Gasteiger partial charge in [-0.1, -0.05) is 11.6 Å². The third kappa shape index (κ3) is 1.70. The Morgan fingerprint density at radius 3 is 2.87 bits per heavy atom. The van der Waals surface area contributed by atoms with E-state index in [-0.39, 0.29) is 16.3 Å². The second kappa shape index (κ2) is 3.59. The van der Waals surface area contributed by atoms with Gasteiger partial charge < -0.3 is 0 Å². The normalized spacial score (nSPS) is 10.6. The summed E-state index contributed by atoms with van der Waals surface area (Å²) < 4.78 is 13.4. The summed E-state index contributed by atoms with van der Waals surface area (Å²) >= 11 is 5.72. The molecule has 0 saturated heterocycles. The first-order valence-corrected chi connectivity index (χ1v) is 4.72. The highest BCUT2D eigenvalue weighted by molar-refractivity contribution is 6.31. The molecule has 2 nitrogen and oxygen atoms in total. The summed E-state index contributed by atoms with van der Waals surface area (Å²) in [5.74, 6) is -0.648. The Morgan fingerprint density at radius 1 is 1.47 bits per heavy atom. The molecule has 15 heavy (non-hydrogen) atoms. The Bertz CT molecular complexity index is 554. The van der Waals surface area contributed by atoms with E-state index in [0.717, 1.165) is 0 Å². The van der Waals surface area contributed by atoms with Crippen LogP contribution >= 0.6 is 11.6 Å². The molecule has 0 aliphatic carbocycles. The second-order valence-electron chi connectivity index (χ2n) is 3.20. The van der Waals surface area contributed by atoms with Crippen LogP contribution in [0.5, 0.6) is 0 Å². The molecule has 0 aliphatic rings. The average molecular weight is 224 g/mol. The molecule has 2 aromatic rings. The van der Waals surface area contributed by atoms with Crippen molar-refractivity contribution < 1.29 is 9.18 Å². The van der Waals surface area contributed by atoms with Crippen LogP contribution in [-0.2, 0) is 0 Å². The predicted molar refractivity (Wildman–Crippen MR) is 56.7 cm³/mol. The number of ketones is 1. The third-order valence-corrected chi connectivity index (χ3v) is 2.36. The van der Waals surface area contributed by atoms with Gasteiger partial charge in [-0.3, -0.25) is 9.78 Å². The minimum absolute atomic E-state index is 0.135. The number of benzene rings is 1. The lowest BCUT2D eigenvalue weighted by molar-refractivity contribution is 0.101. The minimum atomic E-state index is -0.513. The number of Topliss-reactive ketones (excluding diaryl/α,β-unsaturated/α-hetero) is 1. The van der Waals surface area contributed by atoms with E-state index in [4.69, 9.17) is 11.6 Å². The Morgan fingerprint density at radius 2 is 2.20 bits per heavy atom. The SMILES string of the molecule is CC(=O)c1ccnc2c(F)cc(Cl)cc12. The highest BCUT2D eigenvalue weighted by Crippen LogP contribution is 2.24. The number of aromatic nitrogens is 1. The first-order chi connectivity index (χ1) is 7.09. The fourth-order valence-corrected chi connectivity index (χ4v) is 1.69. The molecule has 2 rings (SSSR count). The van der Waals surface area contributed by atoms with Crippen LogP contribution < -0.4 is 0 Å². The van der Waals surface area contributed by atoms with E-state index < -0.39 is 5.82 Å². The van der Waals surface area contributed by atoms with Gasteiger partial charge in [0, 0.05) is 22.2 Å². The molecule has 0 atom stereocenters. The molecule has 0 radical (unpaired) electrons. The number of hydrogen-bond acceptors (Lipinski definition) is 2. The maximum Gasteiger partial charge on any atom is 0.160 e. The molecule has 0 N–H and O–H groups in total. The standard InChI is InChI=1S/C11H7ClFNO/c1-6(15)8-2-3-14-11-9(8)4-7(12)5-10(11)13/h2-5H,1H3. The molecule has 0 aliphatic heterocycles. The zero-order valence-electron chi connectivity index (χ0n) is 7.92. The molecule has 76 valence electrons. The molecular weight excluding hydrogens is 217 g/mol. The maximum absolute atomic E-state index is 13.4. The van der Waals surface area contributed by atoms with E-state index in [0.29, 0.717) is 10.9 Å². The summed E-state index contributed by atoms with van der Waals surface area (Å²) in [6.07, 6.45) is 1.41. The monoisotopic (exact) mass is 223 g/mol. The molecule has 4 heteroatoms. The van der Waals surface area contributed by atoms with Crippen molar-refractivity contribution in [2.75, 3.05) is 0 Å². The average Bonchev–Trinajstić information content (AvgIpc) is 2.16. The van der Waals surface area contributed by atoms with Crippen molar-refractivity contribution in [1.29, 1.82) is 0 Å². The van der Waals surface area contributed by atoms with Crippen molar-refractivity contribution in [3.8, 4) is 0 Å². The molecule has 0 spiro atoms. The maximum atomic E-state index is 13.4. The van der Waals surface area contributed by atoms with E-state index in [2.05, 4.69) is 4.98 Å². The minimum Gasteiger partial charge on any atom is -0.294 e. The van der Waals surface area contributed by atoms with Crippen LogP contribution in [0.4, 0.5) is 4.39 Å². The number of rotatable bonds is 1. The van der Waals surface area contributed by atoms with Crippen LogP contribution in [0.25, 0.3) is 10.9 Å². The van der Waals surface area contributed by atoms with Crippen molar-refractivity contribution in [3.63, 3.8) is 0 Å². The van der Waals surface area contributed by atoms with Gasteiger partial charge in [0.25, 0.3) is 0 Å². The van der Waals surface area contributed by atoms with E-state index in [1.807, 2.05) is 0 Å². The fraction of sp³-hybridized carbons (Fsp3) is 0.0909. The number of fused-ring (bicyclic) bond motifs is 1. The first kappa shape index (κ1) is 10.1. The van der Waals surface area contributed by atoms with Crippen LogP contribution in [0.3, 0.4) is 0 Å². The molecule has 0 amide bonds. The van der Waals surface area contributed by atoms with Gasteiger partial charge in [0.15, 0.2) is 11.6 Å². The van der Waals surface area contributed by atoms with E-state index in [1.165, 1.54) is 19.2 Å². The molecular formula is C11H7ClFNO. The number of pyridine rings is 1. The topological polar surface area (TPSA) is 30.0 Å². The van der Waals surface area contributed by atoms with Crippen molar-refractivity contribution in [1.82, 2.24) is 4.98 Å². The first-order valence-electron chi connectivity index (χ1n) is 4.34. The molecule has 0 fully saturated rings. The summed E-state index contributed by atoms with van der Waals surface area (Å²) in [5.41, 5.74) is 0.605. The Labute approximate surface area is 90.7 Å². The summed E-state index contributed by atoms with van der Waals surface area (Å²) in [5, 5.41) is 0.713. The van der Waals surface area contributed by atoms with Gasteiger partial charge in [0.1, 0.15) is 5.52 Å². The lowest BCUT2D eigenvalue weighted by atomic mass is 10.1. The van der Waals surface area contributed by atoms with Crippen molar-refractivity contribution in [2.45, 2.75) is 6.92 Å². The lowest BCUT2D eigenvalue weighted by Gasteiger charge is -2.03. The quantitative estimate of drug-likeness (QED) is 0.695. The number of halogens is 2. The van der Waals surface area contributed by atoms with Gasteiger partial charge in [0.05, 0.1) is 0 Å². The Kier molecular flexibility index (Phi) is 2.40. The number of nitrogens with zero attached hydrogens (tertiary/aromatic N) is 1. The highest BCUT2D eigenvalue weighted by atomic mass is 35.5. The summed E-state index contributed by atoms with van der Waals surface area (Å²) in [6, 6.07) is 4.28. The van der Waals surface area contributed by atoms with Crippen LogP contribution in [0, 0.1) is 5.82 Å². The van der Waals surface area contributed by atoms with E-state index in [9.17, 15) is 9.18 Å². The van der Waals surface area contributed by atoms with Crippen LogP contribution in [0.1, 0.15) is 17.3 Å². The van der Waals surface area contributed by atoms with Gasteiger partial charge in [-0.15, -0.1) is 0 Å². The van der Waals surface area contributed by atoms with Crippen molar-refractivity contribution in [2.24, 2.45) is 0 Å². The van der Waals surface area contributed by atoms with Crippen molar-refractivity contribution in [3.05, 3.63) is 40.8 Å². The molecule has 0 bridgehead atoms. The molecule has 0 saturated carbocycles. The molecule has 1 aromatic heterocycles. The van der Waals surface area contributed by atoms with Crippen LogP contribution in [-0.4, -0.2) is 10.8 Å². The van der Waals surface area contributed by atoms with E-state index in [1.54, 1.807) is 12.1 Å². The Hall–Kier alpha value is -1.48. The number of carbonyl (C=O) groups is 1. The summed E-state index contributed by atoms with van der Waals surface area (Å²) in [4.78, 5) is 15.2. The zero-order chi connectivity index (χ0) is 11.0. The number of hydrogen-bond donors (Lipinski definition) is 0. The smallest absolute Gasteiger partial charge is 0.160 e. The molecule has 1 heterocycles. The van der Waals surface area contributed by atoms with Crippen molar-refractivity contribution >= 4 is 28.3 Å². The number of carbonyl (C=O) groups excluding carboxylic acids is 1. The van der Waals surface area contributed by atoms with Crippen LogP contribution in [0.15, 0.2) is 24.4 Å².